The lowest BCUT2D eigenvalue weighted by Gasteiger charge is -2.33. The molecule has 1 atom stereocenters. The Balaban J connectivity index is 2.09. The first-order valence-electron chi connectivity index (χ1n) is 5.28. The molecule has 3 heteroatoms. The lowest BCUT2D eigenvalue weighted by molar-refractivity contribution is 0.236. The second kappa shape index (κ2) is 4.77. The lowest BCUT2D eigenvalue weighted by Crippen LogP contribution is -2.31. The maximum absolute atomic E-state index is 3.60. The van der Waals surface area contributed by atoms with Crippen molar-refractivity contribution in [2.24, 2.45) is 5.92 Å². The van der Waals surface area contributed by atoms with Crippen LogP contribution in [0.4, 0.5) is 0 Å². The van der Waals surface area contributed by atoms with Gasteiger partial charge in [-0.2, -0.15) is 0 Å². The normalized spacial score (nSPS) is 19.3. The van der Waals surface area contributed by atoms with Crippen molar-refractivity contribution < 1.29 is 0 Å². The minimum atomic E-state index is 0.602. The van der Waals surface area contributed by atoms with Crippen LogP contribution >= 0.6 is 27.3 Å². The van der Waals surface area contributed by atoms with E-state index in [0.29, 0.717) is 6.04 Å². The Morgan fingerprint density at radius 1 is 1.64 bits per heavy atom. The zero-order valence-corrected chi connectivity index (χ0v) is 10.8. The van der Waals surface area contributed by atoms with Gasteiger partial charge in [0.1, 0.15) is 0 Å². The Kier molecular flexibility index (Phi) is 3.63. The number of thiophene rings is 1. The molecule has 0 spiro atoms. The van der Waals surface area contributed by atoms with Gasteiger partial charge in [-0.05, 0) is 47.3 Å². The first kappa shape index (κ1) is 10.7. The van der Waals surface area contributed by atoms with Crippen molar-refractivity contribution in [3.05, 3.63) is 20.8 Å². The summed E-state index contributed by atoms with van der Waals surface area (Å²) in [5, 5.41) is 5.78. The highest BCUT2D eigenvalue weighted by atomic mass is 79.9. The Bertz CT molecular complexity index is 293. The minimum Gasteiger partial charge on any atom is -0.309 e. The highest BCUT2D eigenvalue weighted by molar-refractivity contribution is 9.10. The molecule has 1 aromatic heterocycles. The van der Waals surface area contributed by atoms with Crippen LogP contribution in [-0.2, 0) is 0 Å². The topological polar surface area (TPSA) is 12.0 Å². The van der Waals surface area contributed by atoms with E-state index >= 15 is 0 Å². The molecule has 1 saturated carbocycles. The molecular weight excluding hydrogens is 258 g/mol. The molecule has 1 nitrogen and oxygen atoms in total. The van der Waals surface area contributed by atoms with Crippen molar-refractivity contribution in [3.8, 4) is 0 Å². The Hall–Kier alpha value is 0.140. The Morgan fingerprint density at radius 2 is 2.43 bits per heavy atom. The summed E-state index contributed by atoms with van der Waals surface area (Å²) in [5.74, 6) is 0.875. The van der Waals surface area contributed by atoms with Crippen LogP contribution in [0, 0.1) is 5.92 Å². The standard InChI is InChI=1S/C11H16BrNS/c1-2-13-11(8-4-3-5-8)10-6-9(12)7-14-10/h6-8,11,13H,2-5H2,1H3. The average Bonchev–Trinajstić information content (AvgIpc) is 2.48. The summed E-state index contributed by atoms with van der Waals surface area (Å²) in [4.78, 5) is 1.49. The van der Waals surface area contributed by atoms with E-state index in [1.165, 1.54) is 28.6 Å². The van der Waals surface area contributed by atoms with Crippen molar-refractivity contribution >= 4 is 27.3 Å². The van der Waals surface area contributed by atoms with Crippen LogP contribution in [0.2, 0.25) is 0 Å². The van der Waals surface area contributed by atoms with Crippen LogP contribution in [0.5, 0.6) is 0 Å². The van der Waals surface area contributed by atoms with Gasteiger partial charge in [0, 0.05) is 20.8 Å². The zero-order valence-electron chi connectivity index (χ0n) is 8.42. The zero-order chi connectivity index (χ0) is 9.97. The highest BCUT2D eigenvalue weighted by Crippen LogP contribution is 2.40. The molecule has 1 aliphatic rings. The van der Waals surface area contributed by atoms with Gasteiger partial charge in [0.05, 0.1) is 0 Å². The SMILES string of the molecule is CCNC(c1cc(Br)cs1)C1CCC1. The van der Waals surface area contributed by atoms with E-state index in [9.17, 15) is 0 Å². The van der Waals surface area contributed by atoms with Gasteiger partial charge in [-0.1, -0.05) is 13.3 Å². The average molecular weight is 274 g/mol. The van der Waals surface area contributed by atoms with E-state index in [-0.39, 0.29) is 0 Å². The third kappa shape index (κ3) is 2.20. The molecular formula is C11H16BrNS. The van der Waals surface area contributed by atoms with Crippen LogP contribution in [-0.4, -0.2) is 6.54 Å². The predicted molar refractivity (Wildman–Crippen MR) is 65.8 cm³/mol. The largest absolute Gasteiger partial charge is 0.309 e. The lowest BCUT2D eigenvalue weighted by atomic mass is 9.79. The second-order valence-electron chi connectivity index (χ2n) is 3.89. The maximum atomic E-state index is 3.60. The van der Waals surface area contributed by atoms with Gasteiger partial charge in [-0.15, -0.1) is 11.3 Å². The molecule has 1 N–H and O–H groups in total. The van der Waals surface area contributed by atoms with Gasteiger partial charge in [0.25, 0.3) is 0 Å². The van der Waals surface area contributed by atoms with Crippen LogP contribution in [0.15, 0.2) is 15.9 Å². The van der Waals surface area contributed by atoms with Gasteiger partial charge < -0.3 is 5.32 Å². The van der Waals surface area contributed by atoms with Gasteiger partial charge in [-0.25, -0.2) is 0 Å². The predicted octanol–water partition coefficient (Wildman–Crippen LogP) is 3.96. The van der Waals surface area contributed by atoms with Crippen LogP contribution in [0.3, 0.4) is 0 Å². The van der Waals surface area contributed by atoms with Crippen molar-refractivity contribution in [2.45, 2.75) is 32.2 Å². The van der Waals surface area contributed by atoms with E-state index in [1.807, 2.05) is 11.3 Å². The highest BCUT2D eigenvalue weighted by Gasteiger charge is 2.28. The summed E-state index contributed by atoms with van der Waals surface area (Å²) < 4.78 is 1.22. The van der Waals surface area contributed by atoms with E-state index in [0.717, 1.165) is 12.5 Å². The number of hydrogen-bond donors (Lipinski definition) is 1. The van der Waals surface area contributed by atoms with Gasteiger partial charge in [0.2, 0.25) is 0 Å². The summed E-state index contributed by atoms with van der Waals surface area (Å²) in [6.07, 6.45) is 4.21. The first-order valence-corrected chi connectivity index (χ1v) is 6.96. The van der Waals surface area contributed by atoms with E-state index in [4.69, 9.17) is 0 Å². The van der Waals surface area contributed by atoms with Crippen molar-refractivity contribution in [1.82, 2.24) is 5.32 Å². The molecule has 1 aromatic rings. The fraction of sp³-hybridized carbons (Fsp3) is 0.636. The van der Waals surface area contributed by atoms with E-state index in [1.54, 1.807) is 0 Å². The summed E-state index contributed by atoms with van der Waals surface area (Å²) in [6.45, 7) is 3.25. The Labute approximate surface area is 98.0 Å². The van der Waals surface area contributed by atoms with Crippen molar-refractivity contribution in [3.63, 3.8) is 0 Å². The molecule has 2 rings (SSSR count). The van der Waals surface area contributed by atoms with Gasteiger partial charge >= 0.3 is 0 Å². The van der Waals surface area contributed by atoms with Crippen LogP contribution in [0.25, 0.3) is 0 Å². The molecule has 1 unspecified atom stereocenters. The third-order valence-electron chi connectivity index (χ3n) is 2.94. The number of halogens is 1. The van der Waals surface area contributed by atoms with Crippen molar-refractivity contribution in [1.29, 1.82) is 0 Å². The van der Waals surface area contributed by atoms with Gasteiger partial charge in [0.15, 0.2) is 0 Å². The first-order chi connectivity index (χ1) is 6.81. The van der Waals surface area contributed by atoms with Crippen LogP contribution < -0.4 is 5.32 Å². The minimum absolute atomic E-state index is 0.602. The van der Waals surface area contributed by atoms with Crippen LogP contribution in [0.1, 0.15) is 37.1 Å². The fourth-order valence-corrected chi connectivity index (χ4v) is 3.60. The Morgan fingerprint density at radius 3 is 2.86 bits per heavy atom. The van der Waals surface area contributed by atoms with E-state index in [2.05, 4.69) is 39.6 Å². The molecule has 0 amide bonds. The molecule has 0 aromatic carbocycles. The fourth-order valence-electron chi connectivity index (χ4n) is 1.98. The summed E-state index contributed by atoms with van der Waals surface area (Å²) in [5.41, 5.74) is 0. The summed E-state index contributed by atoms with van der Waals surface area (Å²) in [6, 6.07) is 2.86. The van der Waals surface area contributed by atoms with Crippen molar-refractivity contribution in [2.75, 3.05) is 6.54 Å². The molecule has 1 heterocycles. The van der Waals surface area contributed by atoms with Gasteiger partial charge in [-0.3, -0.25) is 0 Å². The quantitative estimate of drug-likeness (QED) is 0.876. The molecule has 0 aliphatic heterocycles. The molecule has 14 heavy (non-hydrogen) atoms. The number of nitrogens with one attached hydrogen (secondary N) is 1. The summed E-state index contributed by atoms with van der Waals surface area (Å²) >= 11 is 5.39. The molecule has 0 radical (unpaired) electrons. The molecule has 0 saturated heterocycles. The number of hydrogen-bond acceptors (Lipinski definition) is 2. The van der Waals surface area contributed by atoms with E-state index < -0.39 is 0 Å². The molecule has 78 valence electrons. The summed E-state index contributed by atoms with van der Waals surface area (Å²) in [7, 11) is 0. The third-order valence-corrected chi connectivity index (χ3v) is 4.72. The molecule has 1 fully saturated rings. The molecule has 0 bridgehead atoms. The molecule has 1 aliphatic carbocycles. The monoisotopic (exact) mass is 273 g/mol. The smallest absolute Gasteiger partial charge is 0.0443 e. The maximum Gasteiger partial charge on any atom is 0.0443 e. The number of rotatable bonds is 4. The second-order valence-corrected chi connectivity index (χ2v) is 5.75.